The molecule has 6 atom stereocenters. The van der Waals surface area contributed by atoms with Crippen LogP contribution >= 0.6 is 27.5 Å². The minimum Gasteiger partial charge on any atom is -0.464 e. The molecule has 0 aliphatic carbocycles. The second-order valence-corrected chi connectivity index (χ2v) is 11.2. The van der Waals surface area contributed by atoms with Crippen LogP contribution in [0.2, 0.25) is 5.02 Å². The zero-order valence-electron chi connectivity index (χ0n) is 25.1. The van der Waals surface area contributed by atoms with Crippen LogP contribution in [0.1, 0.15) is 41.0 Å². The number of aromatic amines is 1. The number of carbonyl (C=O) groups is 6. The lowest BCUT2D eigenvalue weighted by atomic mass is 9.88. The summed E-state index contributed by atoms with van der Waals surface area (Å²) in [7, 11) is 1.05. The molecule has 0 saturated carbocycles. The zero-order valence-corrected chi connectivity index (χ0v) is 27.4. The molecule has 17 heteroatoms. The topological polar surface area (TPSA) is 195 Å². The number of hydrogen-bond donors (Lipinski definition) is 2. The van der Waals surface area contributed by atoms with Gasteiger partial charge in [0, 0.05) is 56.1 Å². The quantitative estimate of drug-likeness (QED) is 0.254. The zero-order chi connectivity index (χ0) is 33.6. The Balaban J connectivity index is 2.24. The molecule has 1 amide bonds. The van der Waals surface area contributed by atoms with Crippen molar-refractivity contribution in [1.29, 1.82) is 0 Å². The number of halogens is 2. The number of hydrogen-bond acceptors (Lipinski definition) is 13. The van der Waals surface area contributed by atoms with Crippen LogP contribution < -0.4 is 10.1 Å². The van der Waals surface area contributed by atoms with Crippen molar-refractivity contribution in [2.24, 2.45) is 0 Å². The summed E-state index contributed by atoms with van der Waals surface area (Å²) < 4.78 is 39.5. The molecule has 2 aromatic rings. The van der Waals surface area contributed by atoms with E-state index in [4.69, 9.17) is 44.8 Å². The second kappa shape index (κ2) is 14.9. The van der Waals surface area contributed by atoms with Crippen molar-refractivity contribution in [2.75, 3.05) is 13.7 Å². The molecule has 1 aromatic carbocycles. The van der Waals surface area contributed by atoms with Gasteiger partial charge in [-0.25, -0.2) is 4.79 Å². The Morgan fingerprint density at radius 2 is 1.71 bits per heavy atom. The number of aromatic nitrogens is 1. The van der Waals surface area contributed by atoms with Crippen molar-refractivity contribution < 1.29 is 61.9 Å². The van der Waals surface area contributed by atoms with Gasteiger partial charge in [0.1, 0.15) is 18.8 Å². The number of fused-ring (bicyclic) bond motifs is 1. The maximum absolute atomic E-state index is 13.5. The van der Waals surface area contributed by atoms with Crippen LogP contribution in [0, 0.1) is 0 Å². The highest BCUT2D eigenvalue weighted by Gasteiger charge is 2.60. The monoisotopic (exact) mass is 718 g/mol. The Kier molecular flexibility index (Phi) is 11.8. The number of H-pyrrole nitrogens is 1. The van der Waals surface area contributed by atoms with E-state index in [1.165, 1.54) is 6.07 Å². The van der Waals surface area contributed by atoms with Crippen LogP contribution in [0.5, 0.6) is 5.88 Å². The molecule has 0 spiro atoms. The van der Waals surface area contributed by atoms with E-state index in [0.29, 0.717) is 20.4 Å². The number of amides is 1. The number of carbonyl (C=O) groups excluding carboxylic acids is 6. The van der Waals surface area contributed by atoms with Crippen LogP contribution in [0.25, 0.3) is 10.9 Å². The SMILES string of the molecule is COC(=O)[C@@]1(Oc2cc3c(Cl)c(Br)ccc3[nH]2)C[C@H](OC(C)=O)[C@@H](NC(C)=O)[C@H]([C@H](OC(C)=O)[C@@H](COC(C)=O)OC(C)=O)O1. The predicted molar refractivity (Wildman–Crippen MR) is 157 cm³/mol. The molecular formula is C28H32BrClN2O13. The summed E-state index contributed by atoms with van der Waals surface area (Å²) in [5.74, 6) is -7.53. The van der Waals surface area contributed by atoms with Crippen molar-refractivity contribution in [1.82, 2.24) is 10.3 Å². The summed E-state index contributed by atoms with van der Waals surface area (Å²) in [6.07, 6.45) is -6.79. The molecule has 1 saturated heterocycles. The summed E-state index contributed by atoms with van der Waals surface area (Å²) in [6, 6.07) is 3.53. The molecule has 45 heavy (non-hydrogen) atoms. The third kappa shape index (κ3) is 8.85. The van der Waals surface area contributed by atoms with Crippen molar-refractivity contribution in [3.05, 3.63) is 27.7 Å². The van der Waals surface area contributed by atoms with Crippen molar-refractivity contribution in [3.8, 4) is 5.88 Å². The summed E-state index contributed by atoms with van der Waals surface area (Å²) in [4.78, 5) is 77.3. The molecule has 0 bridgehead atoms. The summed E-state index contributed by atoms with van der Waals surface area (Å²) in [5.41, 5.74) is 0.521. The normalized spacial score (nSPS) is 22.4. The fraction of sp³-hybridized carbons (Fsp3) is 0.500. The van der Waals surface area contributed by atoms with E-state index in [1.54, 1.807) is 12.1 Å². The number of esters is 5. The largest absolute Gasteiger partial charge is 0.464 e. The Bertz CT molecular complexity index is 1480. The van der Waals surface area contributed by atoms with Gasteiger partial charge in [-0.1, -0.05) is 11.6 Å². The van der Waals surface area contributed by atoms with Gasteiger partial charge < -0.3 is 43.5 Å². The molecule has 1 aliphatic rings. The molecule has 246 valence electrons. The number of methoxy groups -OCH3 is 1. The number of ether oxygens (including phenoxy) is 7. The third-order valence-electron chi connectivity index (χ3n) is 6.44. The van der Waals surface area contributed by atoms with Crippen LogP contribution in [0.15, 0.2) is 22.7 Å². The predicted octanol–water partition coefficient (Wildman–Crippen LogP) is 2.48. The lowest BCUT2D eigenvalue weighted by Crippen LogP contribution is -2.70. The Labute approximate surface area is 270 Å². The van der Waals surface area contributed by atoms with Crippen molar-refractivity contribution >= 4 is 74.2 Å². The van der Waals surface area contributed by atoms with Crippen LogP contribution in [-0.2, 0) is 57.2 Å². The molecule has 1 aliphatic heterocycles. The van der Waals surface area contributed by atoms with Gasteiger partial charge in [0.15, 0.2) is 18.1 Å². The Morgan fingerprint density at radius 1 is 1.04 bits per heavy atom. The van der Waals surface area contributed by atoms with Crippen LogP contribution in [0.4, 0.5) is 0 Å². The van der Waals surface area contributed by atoms with E-state index in [1.807, 2.05) is 0 Å². The van der Waals surface area contributed by atoms with Gasteiger partial charge in [0.05, 0.1) is 24.6 Å². The molecule has 0 radical (unpaired) electrons. The fourth-order valence-corrected chi connectivity index (χ4v) is 5.42. The summed E-state index contributed by atoms with van der Waals surface area (Å²) in [6.45, 7) is 4.83. The first-order valence-electron chi connectivity index (χ1n) is 13.4. The van der Waals surface area contributed by atoms with Gasteiger partial charge in [-0.3, -0.25) is 24.0 Å². The van der Waals surface area contributed by atoms with Crippen LogP contribution in [-0.4, -0.2) is 90.7 Å². The molecule has 1 fully saturated rings. The second-order valence-electron chi connectivity index (χ2n) is 9.99. The maximum Gasteiger partial charge on any atom is 0.379 e. The van der Waals surface area contributed by atoms with Gasteiger partial charge in [0.25, 0.3) is 0 Å². The summed E-state index contributed by atoms with van der Waals surface area (Å²) >= 11 is 9.77. The van der Waals surface area contributed by atoms with Gasteiger partial charge >= 0.3 is 35.6 Å². The molecule has 2 N–H and O–H groups in total. The maximum atomic E-state index is 13.5. The van der Waals surface area contributed by atoms with Crippen molar-refractivity contribution in [2.45, 2.75) is 77.3 Å². The van der Waals surface area contributed by atoms with E-state index in [0.717, 1.165) is 41.7 Å². The standard InChI is InChI=1S/C28H32BrClN2O13/c1-12(33)31-24-20(41-14(3)35)10-28(27(38)39-6,44-22-9-17-19(32-22)8-7-18(29)23(17)30)45-26(24)25(43-16(5)37)21(42-15(4)36)11-40-13(2)34/h7-9,20-21,24-26,32H,10-11H2,1-6H3,(H,31,33)/t20-,21+,24+,25+,26+,28+/m0/s1. The molecule has 15 nitrogen and oxygen atoms in total. The molecule has 2 heterocycles. The fourth-order valence-electron chi connectivity index (χ4n) is 4.85. The van der Waals surface area contributed by atoms with Gasteiger partial charge in [0.2, 0.25) is 5.91 Å². The van der Waals surface area contributed by atoms with E-state index >= 15 is 0 Å². The van der Waals surface area contributed by atoms with Gasteiger partial charge in [-0.05, 0) is 28.1 Å². The number of nitrogens with one attached hydrogen (secondary N) is 2. The highest BCUT2D eigenvalue weighted by Crippen LogP contribution is 2.40. The third-order valence-corrected chi connectivity index (χ3v) is 7.73. The average molecular weight is 720 g/mol. The number of rotatable bonds is 11. The Hall–Kier alpha value is -3.89. The molecular weight excluding hydrogens is 688 g/mol. The lowest BCUT2D eigenvalue weighted by Gasteiger charge is -2.48. The average Bonchev–Trinajstić information content (AvgIpc) is 3.34. The highest BCUT2D eigenvalue weighted by molar-refractivity contribution is 9.10. The molecule has 0 unspecified atom stereocenters. The van der Waals surface area contributed by atoms with Crippen LogP contribution in [0.3, 0.4) is 0 Å². The molecule has 3 rings (SSSR count). The van der Waals surface area contributed by atoms with E-state index in [2.05, 4.69) is 26.2 Å². The first-order valence-corrected chi connectivity index (χ1v) is 14.6. The first kappa shape index (κ1) is 35.6. The summed E-state index contributed by atoms with van der Waals surface area (Å²) in [5, 5.41) is 3.43. The minimum atomic E-state index is -2.43. The molecule has 1 aromatic heterocycles. The highest BCUT2D eigenvalue weighted by atomic mass is 79.9. The van der Waals surface area contributed by atoms with E-state index in [9.17, 15) is 28.8 Å². The lowest BCUT2D eigenvalue weighted by molar-refractivity contribution is -0.290. The smallest absolute Gasteiger partial charge is 0.379 e. The number of benzene rings is 1. The van der Waals surface area contributed by atoms with Gasteiger partial charge in [-0.2, -0.15) is 0 Å². The van der Waals surface area contributed by atoms with E-state index < -0.39 is 85.0 Å². The minimum absolute atomic E-state index is 0.0332. The van der Waals surface area contributed by atoms with Crippen molar-refractivity contribution in [3.63, 3.8) is 0 Å². The van der Waals surface area contributed by atoms with E-state index in [-0.39, 0.29) is 5.88 Å². The van der Waals surface area contributed by atoms with Gasteiger partial charge in [-0.15, -0.1) is 0 Å². The first-order chi connectivity index (χ1) is 21.1. The Morgan fingerprint density at radius 3 is 2.27 bits per heavy atom.